The first kappa shape index (κ1) is 28.3. The minimum Gasteiger partial charge on any atom is -0.455 e. The van der Waals surface area contributed by atoms with Crippen LogP contribution >= 0.6 is 0 Å². The monoisotopic (exact) mass is 639 g/mol. The average Bonchev–Trinajstić information content (AvgIpc) is 3.74. The summed E-state index contributed by atoms with van der Waals surface area (Å²) < 4.78 is 9.41. The number of para-hydroxylation sites is 2. The van der Waals surface area contributed by atoms with E-state index in [1.165, 1.54) is 11.1 Å². The zero-order valence-corrected chi connectivity index (χ0v) is 27.0. The van der Waals surface area contributed by atoms with Gasteiger partial charge in [-0.3, -0.25) is 0 Å². The predicted octanol–water partition coefficient (Wildman–Crippen LogP) is 12.1. The molecule has 0 aliphatic rings. The Labute approximate surface area is 288 Å². The summed E-state index contributed by atoms with van der Waals surface area (Å²) in [6, 6.07) is 61.2. The standard InChI is InChI=1S/C46H29N3O/c1-5-14-30(15-6-1)33-24-26-41-38(28-33)43-42(49(41)34-20-11-4-12-21-34)27-25-36-35-22-13-23-37(44(35)50-45(36)43)40-29-39(31-16-7-2-8-17-31)47-46(48-40)32-18-9-3-10-19-32/h1-29H. The van der Waals surface area contributed by atoms with E-state index >= 15 is 0 Å². The maximum absolute atomic E-state index is 7.07. The second-order valence-electron chi connectivity index (χ2n) is 12.6. The van der Waals surface area contributed by atoms with E-state index in [9.17, 15) is 0 Å². The van der Waals surface area contributed by atoms with Crippen LogP contribution < -0.4 is 0 Å². The Kier molecular flexibility index (Phi) is 6.46. The minimum atomic E-state index is 0.678. The summed E-state index contributed by atoms with van der Waals surface area (Å²) in [5, 5.41) is 4.38. The molecule has 0 N–H and O–H groups in total. The average molecular weight is 640 g/mol. The molecule has 10 aromatic rings. The van der Waals surface area contributed by atoms with E-state index < -0.39 is 0 Å². The molecule has 3 aromatic heterocycles. The zero-order chi connectivity index (χ0) is 33.0. The molecule has 0 bridgehead atoms. The van der Waals surface area contributed by atoms with E-state index in [0.717, 1.165) is 77.5 Å². The van der Waals surface area contributed by atoms with Crippen molar-refractivity contribution in [2.24, 2.45) is 0 Å². The number of fused-ring (bicyclic) bond motifs is 7. The highest BCUT2D eigenvalue weighted by Crippen LogP contribution is 2.44. The summed E-state index contributed by atoms with van der Waals surface area (Å²) in [5.41, 5.74) is 12.0. The second-order valence-corrected chi connectivity index (χ2v) is 12.6. The molecular formula is C46H29N3O. The van der Waals surface area contributed by atoms with Gasteiger partial charge in [0.15, 0.2) is 5.82 Å². The van der Waals surface area contributed by atoms with Gasteiger partial charge in [0.1, 0.15) is 11.2 Å². The molecule has 4 nitrogen and oxygen atoms in total. The lowest BCUT2D eigenvalue weighted by Gasteiger charge is -2.09. The van der Waals surface area contributed by atoms with Crippen LogP contribution in [-0.4, -0.2) is 14.5 Å². The number of hydrogen-bond acceptors (Lipinski definition) is 3. The van der Waals surface area contributed by atoms with Gasteiger partial charge < -0.3 is 8.98 Å². The number of hydrogen-bond donors (Lipinski definition) is 0. The Hall–Kier alpha value is -6.78. The van der Waals surface area contributed by atoms with Crippen LogP contribution in [0.25, 0.3) is 94.5 Å². The van der Waals surface area contributed by atoms with Crippen LogP contribution in [0.15, 0.2) is 180 Å². The van der Waals surface area contributed by atoms with Gasteiger partial charge in [-0.15, -0.1) is 0 Å². The molecule has 50 heavy (non-hydrogen) atoms. The summed E-state index contributed by atoms with van der Waals surface area (Å²) in [6.07, 6.45) is 0. The van der Waals surface area contributed by atoms with Gasteiger partial charge in [0.25, 0.3) is 0 Å². The zero-order valence-electron chi connectivity index (χ0n) is 27.0. The molecule has 0 saturated heterocycles. The van der Waals surface area contributed by atoms with E-state index in [1.807, 2.05) is 36.4 Å². The Morgan fingerprint density at radius 3 is 1.76 bits per heavy atom. The van der Waals surface area contributed by atoms with Gasteiger partial charge in [-0.2, -0.15) is 0 Å². The summed E-state index contributed by atoms with van der Waals surface area (Å²) in [7, 11) is 0. The van der Waals surface area contributed by atoms with Gasteiger partial charge in [0.2, 0.25) is 0 Å². The Morgan fingerprint density at radius 1 is 0.400 bits per heavy atom. The van der Waals surface area contributed by atoms with Crippen molar-refractivity contribution in [3.05, 3.63) is 176 Å². The largest absolute Gasteiger partial charge is 0.455 e. The summed E-state index contributed by atoms with van der Waals surface area (Å²) in [5.74, 6) is 0.678. The van der Waals surface area contributed by atoms with Gasteiger partial charge in [0.05, 0.1) is 27.8 Å². The van der Waals surface area contributed by atoms with Gasteiger partial charge in [-0.25, -0.2) is 9.97 Å². The molecule has 0 aliphatic carbocycles. The Balaban J connectivity index is 1.26. The molecule has 0 amide bonds. The third-order valence-electron chi connectivity index (χ3n) is 9.62. The van der Waals surface area contributed by atoms with Crippen molar-refractivity contribution in [1.82, 2.24) is 14.5 Å². The minimum absolute atomic E-state index is 0.678. The first-order chi connectivity index (χ1) is 24.8. The van der Waals surface area contributed by atoms with Gasteiger partial charge in [-0.1, -0.05) is 127 Å². The molecule has 0 unspecified atom stereocenters. The van der Waals surface area contributed by atoms with Crippen molar-refractivity contribution >= 4 is 43.7 Å². The highest BCUT2D eigenvalue weighted by molar-refractivity contribution is 6.25. The highest BCUT2D eigenvalue weighted by atomic mass is 16.3. The molecule has 0 aliphatic heterocycles. The van der Waals surface area contributed by atoms with Crippen molar-refractivity contribution in [3.63, 3.8) is 0 Å². The highest BCUT2D eigenvalue weighted by Gasteiger charge is 2.21. The fraction of sp³-hybridized carbons (Fsp3) is 0. The summed E-state index contributed by atoms with van der Waals surface area (Å²) in [6.45, 7) is 0. The van der Waals surface area contributed by atoms with Gasteiger partial charge in [0, 0.05) is 38.5 Å². The molecule has 7 aromatic carbocycles. The van der Waals surface area contributed by atoms with Crippen LogP contribution in [0.2, 0.25) is 0 Å². The Bertz CT molecular complexity index is 2780. The van der Waals surface area contributed by atoms with Crippen LogP contribution in [0.5, 0.6) is 0 Å². The fourth-order valence-electron chi connectivity index (χ4n) is 7.28. The summed E-state index contributed by atoms with van der Waals surface area (Å²) >= 11 is 0. The molecule has 0 radical (unpaired) electrons. The normalized spacial score (nSPS) is 11.6. The first-order valence-corrected chi connectivity index (χ1v) is 16.8. The second kappa shape index (κ2) is 11.4. The van der Waals surface area contributed by atoms with Crippen molar-refractivity contribution < 1.29 is 4.42 Å². The van der Waals surface area contributed by atoms with Crippen LogP contribution in [0.1, 0.15) is 0 Å². The maximum Gasteiger partial charge on any atom is 0.160 e. The smallest absolute Gasteiger partial charge is 0.160 e. The van der Waals surface area contributed by atoms with Crippen LogP contribution in [0.4, 0.5) is 0 Å². The van der Waals surface area contributed by atoms with E-state index in [1.54, 1.807) is 0 Å². The van der Waals surface area contributed by atoms with E-state index in [0.29, 0.717) is 5.82 Å². The molecule has 0 atom stereocenters. The third-order valence-corrected chi connectivity index (χ3v) is 9.62. The molecule has 10 rings (SSSR count). The molecule has 3 heterocycles. The molecule has 0 spiro atoms. The fourth-order valence-corrected chi connectivity index (χ4v) is 7.28. The van der Waals surface area contributed by atoms with E-state index in [-0.39, 0.29) is 0 Å². The van der Waals surface area contributed by atoms with Crippen molar-refractivity contribution in [2.45, 2.75) is 0 Å². The van der Waals surface area contributed by atoms with Crippen LogP contribution in [0, 0.1) is 0 Å². The van der Waals surface area contributed by atoms with Crippen molar-refractivity contribution in [3.8, 4) is 50.7 Å². The number of benzene rings is 7. The van der Waals surface area contributed by atoms with Crippen LogP contribution in [0.3, 0.4) is 0 Å². The lowest BCUT2D eigenvalue weighted by Crippen LogP contribution is -1.96. The lowest BCUT2D eigenvalue weighted by molar-refractivity contribution is 0.674. The van der Waals surface area contributed by atoms with Crippen molar-refractivity contribution in [1.29, 1.82) is 0 Å². The number of furan rings is 1. The number of rotatable bonds is 5. The SMILES string of the molecule is c1ccc(-c2ccc3c(c2)c2c4oc5c(-c6cc(-c7ccccc7)nc(-c7ccccc7)n6)cccc5c4ccc2n3-c2ccccc2)cc1. The number of nitrogens with zero attached hydrogens (tertiary/aromatic N) is 3. The molecule has 0 fully saturated rings. The number of aromatic nitrogens is 3. The lowest BCUT2D eigenvalue weighted by atomic mass is 10.0. The van der Waals surface area contributed by atoms with Gasteiger partial charge in [-0.05, 0) is 59.7 Å². The molecule has 234 valence electrons. The van der Waals surface area contributed by atoms with Crippen LogP contribution in [-0.2, 0) is 0 Å². The molecule has 0 saturated carbocycles. The topological polar surface area (TPSA) is 43.9 Å². The quantitative estimate of drug-likeness (QED) is 0.188. The van der Waals surface area contributed by atoms with E-state index in [4.69, 9.17) is 14.4 Å². The predicted molar refractivity (Wildman–Crippen MR) is 205 cm³/mol. The Morgan fingerprint density at radius 2 is 1.02 bits per heavy atom. The third kappa shape index (κ3) is 4.54. The first-order valence-electron chi connectivity index (χ1n) is 16.8. The van der Waals surface area contributed by atoms with Crippen molar-refractivity contribution in [2.75, 3.05) is 0 Å². The summed E-state index contributed by atoms with van der Waals surface area (Å²) in [4.78, 5) is 10.2. The molecular weight excluding hydrogens is 611 g/mol. The van der Waals surface area contributed by atoms with E-state index in [2.05, 4.69) is 144 Å². The maximum atomic E-state index is 7.07. The molecule has 4 heteroatoms. The van der Waals surface area contributed by atoms with Gasteiger partial charge >= 0.3 is 0 Å².